The van der Waals surface area contributed by atoms with Crippen LogP contribution in [0.15, 0.2) is 54.6 Å². The molecule has 1 heterocycles. The number of anilines is 1. The molecule has 1 fully saturated rings. The SMILES string of the molecule is O=C(/C=C/c1ccc(F)cc1)OCC(=O)N1CCN(c2cccc(Cl)c2)CC1. The number of halogens is 2. The number of esters is 1. The van der Waals surface area contributed by atoms with Crippen LogP contribution in [0.3, 0.4) is 0 Å². The van der Waals surface area contributed by atoms with Crippen LogP contribution in [0.25, 0.3) is 6.08 Å². The van der Waals surface area contributed by atoms with E-state index in [-0.39, 0.29) is 18.3 Å². The third-order valence-electron chi connectivity index (χ3n) is 4.43. The van der Waals surface area contributed by atoms with Crippen molar-refractivity contribution >= 4 is 35.2 Å². The molecule has 146 valence electrons. The fourth-order valence-electron chi connectivity index (χ4n) is 2.90. The van der Waals surface area contributed by atoms with Crippen molar-refractivity contribution in [1.29, 1.82) is 0 Å². The van der Waals surface area contributed by atoms with Crippen molar-refractivity contribution in [3.8, 4) is 0 Å². The molecule has 0 aliphatic carbocycles. The first-order chi connectivity index (χ1) is 13.5. The molecule has 5 nitrogen and oxygen atoms in total. The average molecular weight is 403 g/mol. The molecule has 0 spiro atoms. The predicted molar refractivity (Wildman–Crippen MR) is 107 cm³/mol. The number of carbonyl (C=O) groups is 2. The normalized spacial score (nSPS) is 14.4. The second-order valence-corrected chi connectivity index (χ2v) is 6.78. The van der Waals surface area contributed by atoms with Gasteiger partial charge in [-0.25, -0.2) is 9.18 Å². The minimum absolute atomic E-state index is 0.228. The van der Waals surface area contributed by atoms with Crippen molar-refractivity contribution in [2.45, 2.75) is 0 Å². The number of amides is 1. The standard InChI is InChI=1S/C21H20ClFN2O3/c22-17-2-1-3-19(14-17)24-10-12-25(13-11-24)20(26)15-28-21(27)9-6-16-4-7-18(23)8-5-16/h1-9,14H,10-13,15H2/b9-6+. The summed E-state index contributed by atoms with van der Waals surface area (Å²) in [6.45, 7) is 2.17. The number of hydrogen-bond donors (Lipinski definition) is 0. The van der Waals surface area contributed by atoms with Gasteiger partial charge in [0.2, 0.25) is 0 Å². The van der Waals surface area contributed by atoms with E-state index in [0.29, 0.717) is 36.8 Å². The van der Waals surface area contributed by atoms with Gasteiger partial charge < -0.3 is 14.5 Å². The van der Waals surface area contributed by atoms with Gasteiger partial charge in [-0.3, -0.25) is 4.79 Å². The van der Waals surface area contributed by atoms with Gasteiger partial charge in [0.1, 0.15) is 5.82 Å². The first-order valence-electron chi connectivity index (χ1n) is 8.90. The minimum atomic E-state index is -0.616. The monoisotopic (exact) mass is 402 g/mol. The zero-order chi connectivity index (χ0) is 19.9. The largest absolute Gasteiger partial charge is 0.452 e. The van der Waals surface area contributed by atoms with Crippen molar-refractivity contribution in [2.75, 3.05) is 37.7 Å². The molecule has 0 atom stereocenters. The Morgan fingerprint density at radius 2 is 1.79 bits per heavy atom. The number of benzene rings is 2. The number of nitrogens with zero attached hydrogens (tertiary/aromatic N) is 2. The summed E-state index contributed by atoms with van der Waals surface area (Å²) in [5.74, 6) is -1.19. The quantitative estimate of drug-likeness (QED) is 0.568. The van der Waals surface area contributed by atoms with Crippen molar-refractivity contribution in [3.05, 3.63) is 71.0 Å². The molecule has 3 rings (SSSR count). The molecule has 2 aromatic carbocycles. The number of rotatable bonds is 5. The lowest BCUT2D eigenvalue weighted by Gasteiger charge is -2.36. The second-order valence-electron chi connectivity index (χ2n) is 6.34. The third-order valence-corrected chi connectivity index (χ3v) is 4.66. The third kappa shape index (κ3) is 5.57. The molecule has 0 unspecified atom stereocenters. The van der Waals surface area contributed by atoms with Crippen molar-refractivity contribution in [2.24, 2.45) is 0 Å². The lowest BCUT2D eigenvalue weighted by Crippen LogP contribution is -2.49. The highest BCUT2D eigenvalue weighted by molar-refractivity contribution is 6.30. The van der Waals surface area contributed by atoms with E-state index in [1.54, 1.807) is 17.0 Å². The molecule has 0 bridgehead atoms. The van der Waals surface area contributed by atoms with Crippen LogP contribution in [0.4, 0.5) is 10.1 Å². The molecule has 0 N–H and O–H groups in total. The van der Waals surface area contributed by atoms with Crippen LogP contribution in [-0.4, -0.2) is 49.6 Å². The molecule has 0 saturated carbocycles. The highest BCUT2D eigenvalue weighted by atomic mass is 35.5. The minimum Gasteiger partial charge on any atom is -0.452 e. The van der Waals surface area contributed by atoms with E-state index >= 15 is 0 Å². The van der Waals surface area contributed by atoms with Gasteiger partial charge in [-0.1, -0.05) is 29.8 Å². The first kappa shape index (κ1) is 19.9. The zero-order valence-corrected chi connectivity index (χ0v) is 15.9. The van der Waals surface area contributed by atoms with E-state index in [9.17, 15) is 14.0 Å². The highest BCUT2D eigenvalue weighted by Crippen LogP contribution is 2.20. The van der Waals surface area contributed by atoms with E-state index in [1.165, 1.54) is 24.3 Å². The molecule has 1 amide bonds. The Labute approximate surface area is 168 Å². The fourth-order valence-corrected chi connectivity index (χ4v) is 3.08. The van der Waals surface area contributed by atoms with Crippen LogP contribution in [0, 0.1) is 5.82 Å². The highest BCUT2D eigenvalue weighted by Gasteiger charge is 2.22. The molecular weight excluding hydrogens is 383 g/mol. The van der Waals surface area contributed by atoms with Crippen LogP contribution in [0.1, 0.15) is 5.56 Å². The van der Waals surface area contributed by atoms with E-state index in [4.69, 9.17) is 16.3 Å². The van der Waals surface area contributed by atoms with Gasteiger partial charge in [0.25, 0.3) is 5.91 Å². The maximum Gasteiger partial charge on any atom is 0.331 e. The summed E-state index contributed by atoms with van der Waals surface area (Å²) >= 11 is 6.02. The van der Waals surface area contributed by atoms with Crippen molar-refractivity contribution in [1.82, 2.24) is 4.90 Å². The summed E-state index contributed by atoms with van der Waals surface area (Å²) < 4.78 is 17.9. The first-order valence-corrected chi connectivity index (χ1v) is 9.28. The summed E-state index contributed by atoms with van der Waals surface area (Å²) in [5.41, 5.74) is 1.69. The smallest absolute Gasteiger partial charge is 0.331 e. The van der Waals surface area contributed by atoms with E-state index < -0.39 is 5.97 Å². The van der Waals surface area contributed by atoms with Gasteiger partial charge in [0.15, 0.2) is 6.61 Å². The topological polar surface area (TPSA) is 49.9 Å². The van der Waals surface area contributed by atoms with Crippen molar-refractivity contribution < 1.29 is 18.7 Å². The molecule has 28 heavy (non-hydrogen) atoms. The lowest BCUT2D eigenvalue weighted by molar-refractivity contribution is -0.148. The second kappa shape index (κ2) is 9.37. The summed E-state index contributed by atoms with van der Waals surface area (Å²) in [7, 11) is 0. The van der Waals surface area contributed by atoms with Crippen LogP contribution >= 0.6 is 11.6 Å². The maximum absolute atomic E-state index is 12.8. The number of ether oxygens (including phenoxy) is 1. The van der Waals surface area contributed by atoms with Gasteiger partial charge in [0, 0.05) is 43.0 Å². The number of carbonyl (C=O) groups excluding carboxylic acids is 2. The van der Waals surface area contributed by atoms with Crippen LogP contribution in [-0.2, 0) is 14.3 Å². The molecule has 0 aromatic heterocycles. The molecule has 2 aromatic rings. The molecule has 1 aliphatic heterocycles. The Balaban J connectivity index is 1.43. The molecular formula is C21H20ClFN2O3. The Morgan fingerprint density at radius 1 is 1.07 bits per heavy atom. The maximum atomic E-state index is 12.8. The van der Waals surface area contributed by atoms with Gasteiger partial charge in [-0.05, 0) is 42.0 Å². The summed E-state index contributed by atoms with van der Waals surface area (Å²) in [4.78, 5) is 27.9. The molecule has 7 heteroatoms. The van der Waals surface area contributed by atoms with E-state index in [0.717, 1.165) is 5.69 Å². The molecule has 0 radical (unpaired) electrons. The zero-order valence-electron chi connectivity index (χ0n) is 15.2. The van der Waals surface area contributed by atoms with E-state index in [1.807, 2.05) is 24.3 Å². The predicted octanol–water partition coefficient (Wildman–Crippen LogP) is 3.38. The van der Waals surface area contributed by atoms with Crippen LogP contribution in [0.2, 0.25) is 5.02 Å². The van der Waals surface area contributed by atoms with Gasteiger partial charge in [0.05, 0.1) is 0 Å². The molecule has 1 saturated heterocycles. The van der Waals surface area contributed by atoms with Crippen molar-refractivity contribution in [3.63, 3.8) is 0 Å². The Kier molecular flexibility index (Phi) is 6.66. The van der Waals surface area contributed by atoms with Gasteiger partial charge >= 0.3 is 5.97 Å². The Bertz CT molecular complexity index is 862. The Hall–Kier alpha value is -2.86. The van der Waals surface area contributed by atoms with Crippen LogP contribution < -0.4 is 4.90 Å². The van der Waals surface area contributed by atoms with Gasteiger partial charge in [-0.15, -0.1) is 0 Å². The van der Waals surface area contributed by atoms with Crippen LogP contribution in [0.5, 0.6) is 0 Å². The fraction of sp³-hybridized carbons (Fsp3) is 0.238. The number of hydrogen-bond acceptors (Lipinski definition) is 4. The summed E-state index contributed by atoms with van der Waals surface area (Å²) in [5, 5.41) is 0.677. The van der Waals surface area contributed by atoms with E-state index in [2.05, 4.69) is 4.90 Å². The number of piperazine rings is 1. The lowest BCUT2D eigenvalue weighted by atomic mass is 10.2. The summed E-state index contributed by atoms with van der Waals surface area (Å²) in [6.07, 6.45) is 2.73. The molecule has 1 aliphatic rings. The van der Waals surface area contributed by atoms with Gasteiger partial charge in [-0.2, -0.15) is 0 Å². The average Bonchev–Trinajstić information content (AvgIpc) is 2.71. The Morgan fingerprint density at radius 3 is 2.46 bits per heavy atom. The summed E-state index contributed by atoms with van der Waals surface area (Å²) in [6, 6.07) is 13.3.